The summed E-state index contributed by atoms with van der Waals surface area (Å²) in [5.41, 5.74) is 0.939. The minimum absolute atomic E-state index is 0.00634. The third-order valence-electron chi connectivity index (χ3n) is 5.01. The Hall–Kier alpha value is -2.48. The summed E-state index contributed by atoms with van der Waals surface area (Å²) in [7, 11) is 0. The predicted octanol–water partition coefficient (Wildman–Crippen LogP) is 3.74. The number of nitrogens with zero attached hydrogens (tertiary/aromatic N) is 1. The number of carbonyl (C=O) groups excluding carboxylic acids is 3. The van der Waals surface area contributed by atoms with Gasteiger partial charge in [0, 0.05) is 12.0 Å². The lowest BCUT2D eigenvalue weighted by Gasteiger charge is -2.29. The molecular weight excluding hydrogens is 390 g/mol. The predicted molar refractivity (Wildman–Crippen MR) is 112 cm³/mol. The van der Waals surface area contributed by atoms with Gasteiger partial charge in [-0.2, -0.15) is 0 Å². The molecule has 7 nitrogen and oxygen atoms in total. The van der Waals surface area contributed by atoms with E-state index < -0.39 is 24.0 Å². The van der Waals surface area contributed by atoms with Crippen LogP contribution in [0.15, 0.2) is 24.3 Å². The Morgan fingerprint density at radius 2 is 1.86 bits per heavy atom. The highest BCUT2D eigenvalue weighted by Crippen LogP contribution is 2.41. The maximum Gasteiger partial charge on any atom is 0.321 e. The van der Waals surface area contributed by atoms with Gasteiger partial charge in [-0.15, -0.1) is 11.3 Å². The standard InChI is InChI=1S/C21H27N3O4S/c1-12(2)22-21(27)24-18(25)13(3)28-20(26)15-9-5-4-8-14(15)19-23-16-10-6-7-11-17(16)29-19/h6-7,10-15H,4-5,8-9H2,1-3H3,(H2,22,24,25,27)/t13-,14-,15-/m0/s1. The quantitative estimate of drug-likeness (QED) is 0.723. The Bertz CT molecular complexity index is 862. The molecule has 0 aliphatic heterocycles. The van der Waals surface area contributed by atoms with Gasteiger partial charge in [0.1, 0.15) is 0 Å². The highest BCUT2D eigenvalue weighted by Gasteiger charge is 2.36. The number of benzene rings is 1. The Morgan fingerprint density at radius 1 is 1.14 bits per heavy atom. The van der Waals surface area contributed by atoms with Crippen molar-refractivity contribution in [3.05, 3.63) is 29.3 Å². The summed E-state index contributed by atoms with van der Waals surface area (Å²) < 4.78 is 6.53. The molecule has 3 rings (SSSR count). The molecule has 3 atom stereocenters. The molecule has 3 amide bonds. The van der Waals surface area contributed by atoms with Crippen LogP contribution in [0, 0.1) is 5.92 Å². The van der Waals surface area contributed by atoms with Crippen LogP contribution in [-0.2, 0) is 14.3 Å². The maximum atomic E-state index is 12.8. The lowest BCUT2D eigenvalue weighted by atomic mass is 9.79. The van der Waals surface area contributed by atoms with E-state index in [1.807, 2.05) is 24.3 Å². The first-order valence-corrected chi connectivity index (χ1v) is 10.8. The van der Waals surface area contributed by atoms with Gasteiger partial charge in [-0.25, -0.2) is 9.78 Å². The molecule has 1 aromatic carbocycles. The second kappa shape index (κ2) is 9.35. The van der Waals surface area contributed by atoms with Crippen LogP contribution >= 0.6 is 11.3 Å². The van der Waals surface area contributed by atoms with Gasteiger partial charge in [0.15, 0.2) is 6.10 Å². The lowest BCUT2D eigenvalue weighted by molar-refractivity contribution is -0.160. The van der Waals surface area contributed by atoms with Crippen molar-refractivity contribution in [1.29, 1.82) is 0 Å². The Labute approximate surface area is 174 Å². The van der Waals surface area contributed by atoms with Gasteiger partial charge < -0.3 is 10.1 Å². The zero-order valence-corrected chi connectivity index (χ0v) is 17.8. The van der Waals surface area contributed by atoms with Crippen LogP contribution in [0.1, 0.15) is 57.4 Å². The first kappa shape index (κ1) is 21.2. The van der Waals surface area contributed by atoms with E-state index in [1.54, 1.807) is 25.2 Å². The van der Waals surface area contributed by atoms with Gasteiger partial charge >= 0.3 is 12.0 Å². The number of amides is 3. The smallest absolute Gasteiger partial charge is 0.321 e. The summed E-state index contributed by atoms with van der Waals surface area (Å²) in [4.78, 5) is 41.4. The third-order valence-corrected chi connectivity index (χ3v) is 6.18. The fourth-order valence-electron chi connectivity index (χ4n) is 3.58. The van der Waals surface area contributed by atoms with Crippen molar-refractivity contribution in [1.82, 2.24) is 15.6 Å². The molecule has 1 heterocycles. The van der Waals surface area contributed by atoms with Gasteiger partial charge in [-0.1, -0.05) is 25.0 Å². The van der Waals surface area contributed by atoms with E-state index in [1.165, 1.54) is 6.92 Å². The number of fused-ring (bicyclic) bond motifs is 1. The van der Waals surface area contributed by atoms with E-state index in [4.69, 9.17) is 9.72 Å². The Balaban J connectivity index is 1.66. The molecule has 0 unspecified atom stereocenters. The van der Waals surface area contributed by atoms with Crippen molar-refractivity contribution in [3.63, 3.8) is 0 Å². The van der Waals surface area contributed by atoms with Crippen LogP contribution in [0.4, 0.5) is 4.79 Å². The number of hydrogen-bond donors (Lipinski definition) is 2. The third kappa shape index (κ3) is 5.32. The van der Waals surface area contributed by atoms with Crippen LogP contribution in [0.2, 0.25) is 0 Å². The summed E-state index contributed by atoms with van der Waals surface area (Å²) >= 11 is 1.61. The number of aromatic nitrogens is 1. The second-order valence-corrected chi connectivity index (χ2v) is 8.78. The van der Waals surface area contributed by atoms with Crippen molar-refractivity contribution in [3.8, 4) is 0 Å². The molecule has 0 spiro atoms. The first-order valence-electron chi connectivity index (χ1n) is 10.0. The van der Waals surface area contributed by atoms with Crippen molar-refractivity contribution in [2.75, 3.05) is 0 Å². The van der Waals surface area contributed by atoms with Gasteiger partial charge in [0.25, 0.3) is 5.91 Å². The minimum Gasteiger partial charge on any atom is -0.452 e. The van der Waals surface area contributed by atoms with Crippen LogP contribution in [0.25, 0.3) is 10.2 Å². The van der Waals surface area contributed by atoms with Gasteiger partial charge in [-0.05, 0) is 45.7 Å². The number of nitrogens with one attached hydrogen (secondary N) is 2. The van der Waals surface area contributed by atoms with Crippen molar-refractivity contribution in [2.24, 2.45) is 5.92 Å². The number of esters is 1. The van der Waals surface area contributed by atoms with E-state index in [-0.39, 0.29) is 17.9 Å². The Kier molecular flexibility index (Phi) is 6.84. The van der Waals surface area contributed by atoms with Crippen LogP contribution < -0.4 is 10.6 Å². The SMILES string of the molecule is CC(C)NC(=O)NC(=O)[C@H](C)OC(=O)[C@H]1CCCC[C@@H]1c1nc2ccccc2s1. The van der Waals surface area contributed by atoms with Crippen molar-refractivity contribution < 1.29 is 19.1 Å². The highest BCUT2D eigenvalue weighted by molar-refractivity contribution is 7.18. The molecule has 29 heavy (non-hydrogen) atoms. The van der Waals surface area contributed by atoms with E-state index in [2.05, 4.69) is 10.6 Å². The number of thiazole rings is 1. The number of para-hydroxylation sites is 1. The molecule has 156 valence electrons. The number of ether oxygens (including phenoxy) is 1. The number of hydrogen-bond acceptors (Lipinski definition) is 6. The van der Waals surface area contributed by atoms with E-state index in [0.717, 1.165) is 34.5 Å². The number of rotatable bonds is 5. The summed E-state index contributed by atoms with van der Waals surface area (Å²) in [5, 5.41) is 5.72. The van der Waals surface area contributed by atoms with Gasteiger partial charge in [0.05, 0.1) is 21.1 Å². The van der Waals surface area contributed by atoms with Crippen molar-refractivity contribution in [2.45, 2.75) is 64.5 Å². The van der Waals surface area contributed by atoms with E-state index in [0.29, 0.717) is 6.42 Å². The molecule has 0 saturated heterocycles. The molecule has 8 heteroatoms. The molecule has 1 aliphatic carbocycles. The van der Waals surface area contributed by atoms with E-state index in [9.17, 15) is 14.4 Å². The second-order valence-electron chi connectivity index (χ2n) is 7.71. The molecule has 1 aromatic heterocycles. The fourth-order valence-corrected chi connectivity index (χ4v) is 4.75. The lowest BCUT2D eigenvalue weighted by Crippen LogP contribution is -2.47. The summed E-state index contributed by atoms with van der Waals surface area (Å²) in [6.07, 6.45) is 2.52. The average molecular weight is 418 g/mol. The van der Waals surface area contributed by atoms with Crippen LogP contribution in [0.5, 0.6) is 0 Å². The zero-order valence-electron chi connectivity index (χ0n) is 16.9. The summed E-state index contributed by atoms with van der Waals surface area (Å²) in [6, 6.07) is 7.23. The molecular formula is C21H27N3O4S. The normalized spacial score (nSPS) is 20.3. The largest absolute Gasteiger partial charge is 0.452 e. The van der Waals surface area contributed by atoms with E-state index >= 15 is 0 Å². The van der Waals surface area contributed by atoms with Crippen LogP contribution in [-0.4, -0.2) is 35.0 Å². The minimum atomic E-state index is -1.04. The number of carbonyl (C=O) groups is 3. The highest BCUT2D eigenvalue weighted by atomic mass is 32.1. The average Bonchev–Trinajstić information content (AvgIpc) is 3.11. The summed E-state index contributed by atoms with van der Waals surface area (Å²) in [6.45, 7) is 5.06. The Morgan fingerprint density at radius 3 is 2.59 bits per heavy atom. The summed E-state index contributed by atoms with van der Waals surface area (Å²) in [5.74, 6) is -1.37. The van der Waals surface area contributed by atoms with Gasteiger partial charge in [-0.3, -0.25) is 14.9 Å². The number of imide groups is 1. The fraction of sp³-hybridized carbons (Fsp3) is 0.524. The molecule has 0 bridgehead atoms. The zero-order chi connectivity index (χ0) is 21.0. The molecule has 2 aromatic rings. The first-order chi connectivity index (χ1) is 13.8. The molecule has 1 aliphatic rings. The monoisotopic (exact) mass is 417 g/mol. The maximum absolute atomic E-state index is 12.8. The van der Waals surface area contributed by atoms with Crippen LogP contribution in [0.3, 0.4) is 0 Å². The van der Waals surface area contributed by atoms with Gasteiger partial charge in [0.2, 0.25) is 0 Å². The molecule has 2 N–H and O–H groups in total. The number of urea groups is 1. The van der Waals surface area contributed by atoms with Crippen molar-refractivity contribution >= 4 is 39.5 Å². The molecule has 1 saturated carbocycles. The molecule has 1 fully saturated rings. The molecule has 0 radical (unpaired) electrons. The topological polar surface area (TPSA) is 97.4 Å².